The van der Waals surface area contributed by atoms with Gasteiger partial charge < -0.3 is 9.47 Å². The van der Waals surface area contributed by atoms with Crippen LogP contribution >= 0.6 is 15.9 Å². The fraction of sp³-hybridized carbons (Fsp3) is 0.250. The van der Waals surface area contributed by atoms with E-state index in [1.54, 1.807) is 6.07 Å². The van der Waals surface area contributed by atoms with E-state index < -0.39 is 23.7 Å². The normalized spacial score (nSPS) is 11.3. The number of hydrogen-bond donors (Lipinski definition) is 0. The van der Waals surface area contributed by atoms with Crippen molar-refractivity contribution in [2.24, 2.45) is 0 Å². The number of methoxy groups -OCH3 is 2. The van der Waals surface area contributed by atoms with Gasteiger partial charge in [-0.25, -0.2) is 9.18 Å². The second kappa shape index (κ2) is 6.29. The highest BCUT2D eigenvalue weighted by molar-refractivity contribution is 9.10. The van der Waals surface area contributed by atoms with E-state index in [2.05, 4.69) is 25.4 Å². The third-order valence-corrected chi connectivity index (χ3v) is 2.98. The van der Waals surface area contributed by atoms with Crippen molar-refractivity contribution in [2.75, 3.05) is 14.2 Å². The highest BCUT2D eigenvalue weighted by atomic mass is 79.9. The summed E-state index contributed by atoms with van der Waals surface area (Å²) in [6.45, 7) is 0. The molecule has 0 aromatic heterocycles. The van der Waals surface area contributed by atoms with Crippen LogP contribution in [0.25, 0.3) is 0 Å². The van der Waals surface area contributed by atoms with Crippen LogP contribution in [0.3, 0.4) is 0 Å². The van der Waals surface area contributed by atoms with Gasteiger partial charge in [0, 0.05) is 0 Å². The molecule has 0 aliphatic rings. The Balaban J connectivity index is 3.48. The van der Waals surface area contributed by atoms with E-state index in [0.717, 1.165) is 20.3 Å². The zero-order chi connectivity index (χ0) is 14.6. The van der Waals surface area contributed by atoms with Crippen molar-refractivity contribution >= 4 is 27.9 Å². The minimum atomic E-state index is -1.34. The lowest BCUT2D eigenvalue weighted by molar-refractivity contribution is -0.141. The Bertz CT molecular complexity index is 568. The summed E-state index contributed by atoms with van der Waals surface area (Å²) in [5, 5.41) is 9.01. The van der Waals surface area contributed by atoms with Crippen molar-refractivity contribution in [1.82, 2.24) is 0 Å². The highest BCUT2D eigenvalue weighted by Crippen LogP contribution is 2.28. The van der Waals surface area contributed by atoms with Crippen LogP contribution in [0.15, 0.2) is 16.6 Å². The number of esters is 2. The average Bonchev–Trinajstić information content (AvgIpc) is 2.41. The molecule has 1 rings (SSSR count). The molecule has 0 radical (unpaired) electrons. The third-order valence-electron chi connectivity index (χ3n) is 2.37. The standard InChI is InChI=1S/C12H9BrFNO4/c1-18-11(16)7-4-10(14)9(13)3-6(7)8(5-15)12(17)19-2/h3-4,8H,1-2H3. The minimum absolute atomic E-state index is 0.0227. The van der Waals surface area contributed by atoms with E-state index in [1.165, 1.54) is 6.07 Å². The van der Waals surface area contributed by atoms with Crippen LogP contribution in [-0.4, -0.2) is 26.2 Å². The molecule has 0 aliphatic carbocycles. The highest BCUT2D eigenvalue weighted by Gasteiger charge is 2.28. The van der Waals surface area contributed by atoms with E-state index in [-0.39, 0.29) is 15.6 Å². The van der Waals surface area contributed by atoms with Gasteiger partial charge in [0.2, 0.25) is 0 Å². The Hall–Kier alpha value is -1.94. The Kier molecular flexibility index (Phi) is 5.01. The Labute approximate surface area is 117 Å². The smallest absolute Gasteiger partial charge is 0.338 e. The summed E-state index contributed by atoms with van der Waals surface area (Å²) in [5.74, 6) is -3.72. The van der Waals surface area contributed by atoms with Crippen molar-refractivity contribution in [2.45, 2.75) is 5.92 Å². The van der Waals surface area contributed by atoms with Gasteiger partial charge in [0.15, 0.2) is 5.92 Å². The van der Waals surface area contributed by atoms with E-state index >= 15 is 0 Å². The molecule has 1 aromatic rings. The molecule has 1 unspecified atom stereocenters. The third kappa shape index (κ3) is 3.09. The molecular weight excluding hydrogens is 321 g/mol. The lowest BCUT2D eigenvalue weighted by atomic mass is 9.95. The quantitative estimate of drug-likeness (QED) is 0.794. The SMILES string of the molecule is COC(=O)c1cc(F)c(Br)cc1C(C#N)C(=O)OC. The van der Waals surface area contributed by atoms with E-state index in [1.807, 2.05) is 0 Å². The molecule has 5 nitrogen and oxygen atoms in total. The van der Waals surface area contributed by atoms with Crippen molar-refractivity contribution in [3.05, 3.63) is 33.5 Å². The predicted octanol–water partition coefficient (Wildman–Crippen LogP) is 2.15. The van der Waals surface area contributed by atoms with Crippen LogP contribution < -0.4 is 0 Å². The zero-order valence-corrected chi connectivity index (χ0v) is 11.7. The molecule has 7 heteroatoms. The summed E-state index contributed by atoms with van der Waals surface area (Å²) in [4.78, 5) is 23.1. The van der Waals surface area contributed by atoms with Gasteiger partial charge in [0.25, 0.3) is 0 Å². The van der Waals surface area contributed by atoms with Crippen LogP contribution in [0, 0.1) is 17.1 Å². The van der Waals surface area contributed by atoms with Crippen LogP contribution in [0.5, 0.6) is 0 Å². The first kappa shape index (κ1) is 15.1. The molecule has 0 saturated heterocycles. The summed E-state index contributed by atoms with van der Waals surface area (Å²) in [7, 11) is 2.23. The minimum Gasteiger partial charge on any atom is -0.468 e. The van der Waals surface area contributed by atoms with Gasteiger partial charge in [-0.1, -0.05) is 0 Å². The molecule has 19 heavy (non-hydrogen) atoms. The summed E-state index contributed by atoms with van der Waals surface area (Å²) < 4.78 is 22.5. The summed E-state index contributed by atoms with van der Waals surface area (Å²) in [5.41, 5.74) is -0.172. The van der Waals surface area contributed by atoms with Gasteiger partial charge in [-0.15, -0.1) is 0 Å². The second-order valence-corrected chi connectivity index (χ2v) is 4.28. The Morgan fingerprint density at radius 3 is 2.47 bits per heavy atom. The number of benzene rings is 1. The van der Waals surface area contributed by atoms with Crippen LogP contribution in [0.2, 0.25) is 0 Å². The van der Waals surface area contributed by atoms with Crippen LogP contribution in [0.4, 0.5) is 4.39 Å². The molecule has 0 amide bonds. The number of hydrogen-bond acceptors (Lipinski definition) is 5. The number of halogens is 2. The van der Waals surface area contributed by atoms with E-state index in [4.69, 9.17) is 5.26 Å². The molecule has 0 heterocycles. The van der Waals surface area contributed by atoms with Crippen LogP contribution in [-0.2, 0) is 14.3 Å². The largest absolute Gasteiger partial charge is 0.468 e. The van der Waals surface area contributed by atoms with Crippen molar-refractivity contribution < 1.29 is 23.5 Å². The van der Waals surface area contributed by atoms with E-state index in [9.17, 15) is 14.0 Å². The predicted molar refractivity (Wildman–Crippen MR) is 65.8 cm³/mol. The summed E-state index contributed by atoms with van der Waals surface area (Å²) >= 11 is 2.93. The van der Waals surface area contributed by atoms with Gasteiger partial charge in [-0.2, -0.15) is 5.26 Å². The molecule has 100 valence electrons. The van der Waals surface area contributed by atoms with Crippen molar-refractivity contribution in [3.8, 4) is 6.07 Å². The maximum Gasteiger partial charge on any atom is 0.338 e. The Morgan fingerprint density at radius 1 is 1.37 bits per heavy atom. The molecule has 0 saturated carbocycles. The molecule has 0 bridgehead atoms. The number of carbonyl (C=O) groups is 2. The molecule has 0 aliphatic heterocycles. The number of carbonyl (C=O) groups excluding carboxylic acids is 2. The van der Waals surface area contributed by atoms with Gasteiger partial charge in [-0.05, 0) is 33.6 Å². The summed E-state index contributed by atoms with van der Waals surface area (Å²) in [6.07, 6.45) is 0. The molecule has 0 spiro atoms. The van der Waals surface area contributed by atoms with Gasteiger partial charge in [0.1, 0.15) is 5.82 Å². The average molecular weight is 330 g/mol. The maximum atomic E-state index is 13.5. The topological polar surface area (TPSA) is 76.4 Å². The number of ether oxygens (including phenoxy) is 2. The lowest BCUT2D eigenvalue weighted by Gasteiger charge is -2.12. The first-order valence-electron chi connectivity index (χ1n) is 5.01. The number of nitrogens with zero attached hydrogens (tertiary/aromatic N) is 1. The number of nitriles is 1. The van der Waals surface area contributed by atoms with Crippen LogP contribution in [0.1, 0.15) is 21.8 Å². The first-order chi connectivity index (χ1) is 8.96. The summed E-state index contributed by atoms with van der Waals surface area (Å²) in [6, 6.07) is 3.80. The van der Waals surface area contributed by atoms with Gasteiger partial charge in [-0.3, -0.25) is 4.79 Å². The lowest BCUT2D eigenvalue weighted by Crippen LogP contribution is -2.17. The molecule has 0 N–H and O–H groups in total. The van der Waals surface area contributed by atoms with E-state index in [0.29, 0.717) is 0 Å². The van der Waals surface area contributed by atoms with Crippen molar-refractivity contribution in [3.63, 3.8) is 0 Å². The molecule has 1 aromatic carbocycles. The number of rotatable bonds is 3. The molecule has 1 atom stereocenters. The Morgan fingerprint density at radius 2 is 2.00 bits per heavy atom. The molecular formula is C12H9BrFNO4. The van der Waals surface area contributed by atoms with Gasteiger partial charge >= 0.3 is 11.9 Å². The second-order valence-electron chi connectivity index (χ2n) is 3.43. The fourth-order valence-electron chi connectivity index (χ4n) is 1.45. The first-order valence-corrected chi connectivity index (χ1v) is 5.80. The van der Waals surface area contributed by atoms with Gasteiger partial charge in [0.05, 0.1) is 30.3 Å². The zero-order valence-electron chi connectivity index (χ0n) is 10.1. The van der Waals surface area contributed by atoms with Crippen molar-refractivity contribution in [1.29, 1.82) is 5.26 Å². The maximum absolute atomic E-state index is 13.5. The fourth-order valence-corrected chi connectivity index (χ4v) is 1.82. The molecule has 0 fully saturated rings. The monoisotopic (exact) mass is 329 g/mol.